The molecule has 0 radical (unpaired) electrons. The summed E-state index contributed by atoms with van der Waals surface area (Å²) in [7, 11) is 0. The molecule has 2 fully saturated rings. The highest BCUT2D eigenvalue weighted by atomic mass is 16.6. The summed E-state index contributed by atoms with van der Waals surface area (Å²) in [4.78, 5) is 13.9. The molecule has 4 heteroatoms. The summed E-state index contributed by atoms with van der Waals surface area (Å²) >= 11 is 0. The van der Waals surface area contributed by atoms with E-state index in [1.165, 1.54) is 12.8 Å². The smallest absolute Gasteiger partial charge is 0.236 e. The second-order valence-corrected chi connectivity index (χ2v) is 6.67. The van der Waals surface area contributed by atoms with E-state index in [1.807, 2.05) is 30.3 Å². The molecule has 1 heterocycles. The third kappa shape index (κ3) is 1.94. The van der Waals surface area contributed by atoms with E-state index in [0.717, 1.165) is 18.7 Å². The molecular weight excluding hydrogens is 252 g/mol. The molecule has 1 aliphatic heterocycles. The van der Waals surface area contributed by atoms with Crippen molar-refractivity contribution >= 4 is 0 Å². The Morgan fingerprint density at radius 2 is 1.80 bits per heavy atom. The molecule has 20 heavy (non-hydrogen) atoms. The first-order chi connectivity index (χ1) is 9.53. The number of hydrogen-bond donors (Lipinski definition) is 0. The molecule has 3 rings (SSSR count). The van der Waals surface area contributed by atoms with Crippen molar-refractivity contribution < 1.29 is 4.92 Å². The lowest BCUT2D eigenvalue weighted by Crippen LogP contribution is -2.69. The molecule has 2 aliphatic rings. The van der Waals surface area contributed by atoms with E-state index < -0.39 is 6.04 Å². The highest BCUT2D eigenvalue weighted by Gasteiger charge is 2.65. The van der Waals surface area contributed by atoms with Crippen LogP contribution in [0.5, 0.6) is 0 Å². The van der Waals surface area contributed by atoms with Gasteiger partial charge in [0.05, 0.1) is 12.0 Å². The second kappa shape index (κ2) is 4.85. The first-order valence-electron chi connectivity index (χ1n) is 7.46. The second-order valence-electron chi connectivity index (χ2n) is 6.67. The van der Waals surface area contributed by atoms with Crippen LogP contribution < -0.4 is 0 Å². The summed E-state index contributed by atoms with van der Waals surface area (Å²) < 4.78 is 0. The van der Waals surface area contributed by atoms with Gasteiger partial charge in [-0.1, -0.05) is 44.2 Å². The SMILES string of the molecule is CC1(C)C(c2ccccc2)C([N+](=O)[O-])C1N1CCCC1. The molecule has 0 aromatic heterocycles. The van der Waals surface area contributed by atoms with Crippen molar-refractivity contribution in [2.75, 3.05) is 13.1 Å². The average molecular weight is 274 g/mol. The third-order valence-electron chi connectivity index (χ3n) is 5.17. The lowest BCUT2D eigenvalue weighted by Gasteiger charge is -2.56. The number of nitro groups is 1. The van der Waals surface area contributed by atoms with Gasteiger partial charge >= 0.3 is 0 Å². The monoisotopic (exact) mass is 274 g/mol. The predicted octanol–water partition coefficient (Wildman–Crippen LogP) is 2.92. The van der Waals surface area contributed by atoms with Gasteiger partial charge in [-0.2, -0.15) is 0 Å². The fraction of sp³-hybridized carbons (Fsp3) is 0.625. The van der Waals surface area contributed by atoms with Crippen LogP contribution in [0.15, 0.2) is 30.3 Å². The van der Waals surface area contributed by atoms with Gasteiger partial charge in [-0.05, 0) is 31.5 Å². The molecule has 1 aromatic rings. The Kier molecular flexibility index (Phi) is 3.28. The number of nitrogens with zero attached hydrogens (tertiary/aromatic N) is 2. The molecule has 0 bridgehead atoms. The van der Waals surface area contributed by atoms with Gasteiger partial charge in [0.15, 0.2) is 0 Å². The molecule has 1 saturated heterocycles. The number of hydrogen-bond acceptors (Lipinski definition) is 3. The Bertz CT molecular complexity index is 494. The van der Waals surface area contributed by atoms with Gasteiger partial charge in [0.2, 0.25) is 6.04 Å². The van der Waals surface area contributed by atoms with Crippen LogP contribution in [-0.4, -0.2) is 35.0 Å². The largest absolute Gasteiger partial charge is 0.294 e. The van der Waals surface area contributed by atoms with Crippen LogP contribution in [0.2, 0.25) is 0 Å². The Balaban J connectivity index is 1.93. The molecule has 4 nitrogen and oxygen atoms in total. The van der Waals surface area contributed by atoms with Crippen molar-refractivity contribution in [2.45, 2.75) is 44.7 Å². The van der Waals surface area contributed by atoms with Gasteiger partial charge in [-0.15, -0.1) is 0 Å². The van der Waals surface area contributed by atoms with Crippen LogP contribution in [0.3, 0.4) is 0 Å². The summed E-state index contributed by atoms with van der Waals surface area (Å²) in [5.74, 6) is 0.0179. The van der Waals surface area contributed by atoms with Gasteiger partial charge in [0, 0.05) is 10.3 Å². The number of rotatable bonds is 3. The molecule has 1 aromatic carbocycles. The normalized spacial score (nSPS) is 32.8. The molecule has 3 unspecified atom stereocenters. The Morgan fingerprint density at radius 1 is 1.20 bits per heavy atom. The summed E-state index contributed by atoms with van der Waals surface area (Å²) in [6.45, 7) is 6.40. The van der Waals surface area contributed by atoms with E-state index in [2.05, 4.69) is 18.7 Å². The molecule has 3 atom stereocenters. The highest BCUT2D eigenvalue weighted by Crippen LogP contribution is 2.56. The molecular formula is C16H22N2O2. The minimum Gasteiger partial charge on any atom is -0.294 e. The van der Waals surface area contributed by atoms with Gasteiger partial charge in [-0.25, -0.2) is 0 Å². The molecule has 0 spiro atoms. The van der Waals surface area contributed by atoms with E-state index in [9.17, 15) is 10.1 Å². The van der Waals surface area contributed by atoms with E-state index in [-0.39, 0.29) is 22.3 Å². The molecule has 0 amide bonds. The van der Waals surface area contributed by atoms with Gasteiger partial charge in [0.25, 0.3) is 0 Å². The fourth-order valence-corrected chi connectivity index (χ4v) is 4.36. The minimum atomic E-state index is -0.467. The quantitative estimate of drug-likeness (QED) is 0.629. The Labute approximate surface area is 119 Å². The summed E-state index contributed by atoms with van der Waals surface area (Å²) in [5.41, 5.74) is 1.07. The molecule has 1 aliphatic carbocycles. The van der Waals surface area contributed by atoms with Crippen molar-refractivity contribution in [3.63, 3.8) is 0 Å². The van der Waals surface area contributed by atoms with Crippen LogP contribution in [0.25, 0.3) is 0 Å². The maximum Gasteiger partial charge on any atom is 0.236 e. The third-order valence-corrected chi connectivity index (χ3v) is 5.17. The lowest BCUT2D eigenvalue weighted by atomic mass is 9.52. The molecule has 1 saturated carbocycles. The zero-order chi connectivity index (χ0) is 14.3. The van der Waals surface area contributed by atoms with Crippen LogP contribution >= 0.6 is 0 Å². The maximum atomic E-state index is 11.6. The average Bonchev–Trinajstić information content (AvgIpc) is 2.90. The van der Waals surface area contributed by atoms with E-state index in [4.69, 9.17) is 0 Å². The number of likely N-dealkylation sites (tertiary alicyclic amines) is 1. The van der Waals surface area contributed by atoms with E-state index in [1.54, 1.807) is 0 Å². The highest BCUT2D eigenvalue weighted by molar-refractivity contribution is 5.30. The van der Waals surface area contributed by atoms with Crippen molar-refractivity contribution in [3.8, 4) is 0 Å². The van der Waals surface area contributed by atoms with Crippen molar-refractivity contribution in [1.29, 1.82) is 0 Å². The number of benzene rings is 1. The van der Waals surface area contributed by atoms with Crippen molar-refractivity contribution in [2.24, 2.45) is 5.41 Å². The van der Waals surface area contributed by atoms with Crippen molar-refractivity contribution in [3.05, 3.63) is 46.0 Å². The van der Waals surface area contributed by atoms with Gasteiger partial charge < -0.3 is 0 Å². The zero-order valence-corrected chi connectivity index (χ0v) is 12.2. The standard InChI is InChI=1S/C16H22N2O2/c1-16(2)13(12-8-4-3-5-9-12)14(18(19)20)15(16)17-10-6-7-11-17/h3-5,8-9,13-15H,6-7,10-11H2,1-2H3. The Hall–Kier alpha value is -1.42. The van der Waals surface area contributed by atoms with Crippen molar-refractivity contribution in [1.82, 2.24) is 4.90 Å². The summed E-state index contributed by atoms with van der Waals surface area (Å²) in [6, 6.07) is 9.59. The molecule has 108 valence electrons. The lowest BCUT2D eigenvalue weighted by molar-refractivity contribution is -0.562. The van der Waals surface area contributed by atoms with Gasteiger partial charge in [0.1, 0.15) is 0 Å². The van der Waals surface area contributed by atoms with Crippen LogP contribution in [0, 0.1) is 15.5 Å². The van der Waals surface area contributed by atoms with Crippen LogP contribution in [0.1, 0.15) is 38.2 Å². The first kappa shape index (κ1) is 13.6. The minimum absolute atomic E-state index is 0.0179. The fourth-order valence-electron chi connectivity index (χ4n) is 4.36. The predicted molar refractivity (Wildman–Crippen MR) is 78.3 cm³/mol. The summed E-state index contributed by atoms with van der Waals surface area (Å²) in [5, 5.41) is 11.6. The topological polar surface area (TPSA) is 46.4 Å². The Morgan fingerprint density at radius 3 is 2.35 bits per heavy atom. The summed E-state index contributed by atoms with van der Waals surface area (Å²) in [6.07, 6.45) is 2.35. The van der Waals surface area contributed by atoms with E-state index >= 15 is 0 Å². The first-order valence-corrected chi connectivity index (χ1v) is 7.46. The van der Waals surface area contributed by atoms with E-state index in [0.29, 0.717) is 0 Å². The van der Waals surface area contributed by atoms with Crippen LogP contribution in [0.4, 0.5) is 0 Å². The molecule has 0 N–H and O–H groups in total. The maximum absolute atomic E-state index is 11.6. The zero-order valence-electron chi connectivity index (χ0n) is 12.2. The van der Waals surface area contributed by atoms with Gasteiger partial charge in [-0.3, -0.25) is 15.0 Å². The van der Waals surface area contributed by atoms with Crippen LogP contribution in [-0.2, 0) is 0 Å².